The van der Waals surface area contributed by atoms with Gasteiger partial charge in [0, 0.05) is 50.4 Å². The Morgan fingerprint density at radius 2 is 1.97 bits per heavy atom. The summed E-state index contributed by atoms with van der Waals surface area (Å²) >= 11 is 1.42. The van der Waals surface area contributed by atoms with E-state index in [1.807, 2.05) is 24.4 Å². The van der Waals surface area contributed by atoms with E-state index in [0.29, 0.717) is 24.4 Å². The van der Waals surface area contributed by atoms with Gasteiger partial charge in [0.05, 0.1) is 27.4 Å². The molecule has 180 valence electrons. The summed E-state index contributed by atoms with van der Waals surface area (Å²) in [6.07, 6.45) is 3.38. The summed E-state index contributed by atoms with van der Waals surface area (Å²) in [4.78, 5) is 31.7. The Labute approximate surface area is 203 Å². The van der Waals surface area contributed by atoms with Crippen LogP contribution in [0.1, 0.15) is 5.56 Å². The number of hydrogen-bond donors (Lipinski definition) is 3. The third-order valence-electron chi connectivity index (χ3n) is 4.87. The Bertz CT molecular complexity index is 1360. The van der Waals surface area contributed by atoms with Gasteiger partial charge in [0.15, 0.2) is 11.6 Å². The number of nitrogens with zero attached hydrogens (tertiary/aromatic N) is 2. The second-order valence-corrected chi connectivity index (χ2v) is 8.41. The van der Waals surface area contributed by atoms with E-state index in [1.54, 1.807) is 19.4 Å². The number of aliphatic carboxylic acids is 1. The molecule has 0 saturated carbocycles. The highest BCUT2D eigenvalue weighted by Crippen LogP contribution is 2.39. The van der Waals surface area contributed by atoms with Crippen LogP contribution in [0.3, 0.4) is 0 Å². The van der Waals surface area contributed by atoms with Crippen LogP contribution in [-0.2, 0) is 20.9 Å². The van der Waals surface area contributed by atoms with Gasteiger partial charge >= 0.3 is 11.9 Å². The number of hydrogen-bond acceptors (Lipinski definition) is 8. The number of fused-ring (bicyclic) bond motifs is 1. The van der Waals surface area contributed by atoms with Gasteiger partial charge < -0.3 is 25.2 Å². The van der Waals surface area contributed by atoms with Crippen molar-refractivity contribution in [3.63, 3.8) is 0 Å². The molecule has 0 fully saturated rings. The van der Waals surface area contributed by atoms with E-state index in [-0.39, 0.29) is 11.4 Å². The van der Waals surface area contributed by atoms with Crippen LogP contribution < -0.4 is 15.4 Å². The summed E-state index contributed by atoms with van der Waals surface area (Å²) in [6.45, 7) is 2.08. The molecule has 35 heavy (non-hydrogen) atoms. The fraction of sp³-hybridized carbons (Fsp3) is 0.167. The third-order valence-corrected chi connectivity index (χ3v) is 6.03. The van der Waals surface area contributed by atoms with E-state index in [2.05, 4.69) is 20.6 Å². The number of ether oxygens (including phenoxy) is 2. The summed E-state index contributed by atoms with van der Waals surface area (Å²) < 4.78 is 26.1. The van der Waals surface area contributed by atoms with Gasteiger partial charge in [-0.1, -0.05) is 6.07 Å². The fourth-order valence-electron chi connectivity index (χ4n) is 3.17. The van der Waals surface area contributed by atoms with Crippen LogP contribution in [0.4, 0.5) is 10.1 Å². The first-order valence-electron chi connectivity index (χ1n) is 10.5. The summed E-state index contributed by atoms with van der Waals surface area (Å²) in [5.41, 5.74) is 2.51. The van der Waals surface area contributed by atoms with Gasteiger partial charge in [-0.05, 0) is 29.8 Å². The maximum absolute atomic E-state index is 14.6. The molecule has 1 aromatic carbocycles. The average molecular weight is 497 g/mol. The summed E-state index contributed by atoms with van der Waals surface area (Å²) in [6, 6.07) is 11.1. The van der Waals surface area contributed by atoms with Crippen LogP contribution in [0.2, 0.25) is 0 Å². The van der Waals surface area contributed by atoms with Crippen molar-refractivity contribution in [1.29, 1.82) is 0 Å². The minimum absolute atomic E-state index is 0.00366. The normalized spacial score (nSPS) is 10.9. The number of aromatic nitrogens is 2. The van der Waals surface area contributed by atoms with Crippen molar-refractivity contribution in [2.24, 2.45) is 0 Å². The molecule has 3 N–H and O–H groups in total. The van der Waals surface area contributed by atoms with Gasteiger partial charge in [0.25, 0.3) is 0 Å². The summed E-state index contributed by atoms with van der Waals surface area (Å²) in [5.74, 6) is -3.35. The van der Waals surface area contributed by atoms with Crippen molar-refractivity contribution in [1.82, 2.24) is 15.3 Å². The lowest BCUT2D eigenvalue weighted by Gasteiger charge is -2.09. The van der Waals surface area contributed by atoms with E-state index in [0.717, 1.165) is 33.4 Å². The number of benzene rings is 1. The second kappa shape index (κ2) is 11.0. The van der Waals surface area contributed by atoms with Crippen molar-refractivity contribution in [3.05, 3.63) is 66.2 Å². The van der Waals surface area contributed by atoms with Crippen molar-refractivity contribution >= 4 is 39.1 Å². The first-order valence-corrected chi connectivity index (χ1v) is 11.3. The monoisotopic (exact) mass is 496 g/mol. The Hall–Kier alpha value is -3.93. The fourth-order valence-corrected chi connectivity index (χ4v) is 4.21. The van der Waals surface area contributed by atoms with E-state index in [9.17, 15) is 14.0 Å². The van der Waals surface area contributed by atoms with Crippen LogP contribution in [0.15, 0.2) is 54.9 Å². The number of carboxylic acids is 1. The Morgan fingerprint density at radius 3 is 2.69 bits per heavy atom. The number of anilines is 1. The highest BCUT2D eigenvalue weighted by molar-refractivity contribution is 7.22. The number of methoxy groups -OCH3 is 1. The number of rotatable bonds is 9. The molecular weight excluding hydrogens is 475 g/mol. The molecule has 0 spiro atoms. The smallest absolute Gasteiger partial charge is 0.394 e. The van der Waals surface area contributed by atoms with Gasteiger partial charge in [-0.15, -0.1) is 11.3 Å². The largest absolute Gasteiger partial charge is 0.474 e. The van der Waals surface area contributed by atoms with Gasteiger partial charge in [-0.3, -0.25) is 14.8 Å². The highest BCUT2D eigenvalue weighted by Gasteiger charge is 2.15. The number of halogens is 1. The maximum Gasteiger partial charge on any atom is 0.394 e. The molecule has 0 atom stereocenters. The standard InChI is InChI=1S/C24H21FN4O5S/c1-33-9-8-26-12-14-2-4-17(28-13-14)21-11-18-22(35-21)20(6-7-27-18)34-19-5-3-15(10-16(19)25)29-23(30)24(31)32/h2-7,10-11,13,26H,8-9,12H2,1H3,(H,29,30)(H,31,32). The van der Waals surface area contributed by atoms with E-state index in [1.165, 1.54) is 23.5 Å². The number of thiophene rings is 1. The maximum atomic E-state index is 14.6. The molecule has 3 heterocycles. The number of pyridine rings is 2. The highest BCUT2D eigenvalue weighted by atomic mass is 32.1. The zero-order valence-electron chi connectivity index (χ0n) is 18.6. The van der Waals surface area contributed by atoms with Crippen LogP contribution in [0, 0.1) is 5.82 Å². The quantitative estimate of drug-likeness (QED) is 0.234. The number of carbonyl (C=O) groups is 2. The van der Waals surface area contributed by atoms with Crippen molar-refractivity contribution in [3.8, 4) is 22.1 Å². The Morgan fingerprint density at radius 1 is 1.11 bits per heavy atom. The van der Waals surface area contributed by atoms with Crippen LogP contribution in [0.25, 0.3) is 20.8 Å². The molecule has 3 aromatic heterocycles. The molecular formula is C24H21FN4O5S. The van der Waals surface area contributed by atoms with Gasteiger partial charge in [-0.2, -0.15) is 0 Å². The minimum Gasteiger partial charge on any atom is -0.474 e. The number of carbonyl (C=O) groups excluding carboxylic acids is 1. The molecule has 1 amide bonds. The Balaban J connectivity index is 1.51. The van der Waals surface area contributed by atoms with Crippen LogP contribution >= 0.6 is 11.3 Å². The predicted octanol–water partition coefficient (Wildman–Crippen LogP) is 4.05. The minimum atomic E-state index is -1.67. The summed E-state index contributed by atoms with van der Waals surface area (Å²) in [5, 5.41) is 14.0. The summed E-state index contributed by atoms with van der Waals surface area (Å²) in [7, 11) is 1.66. The number of nitrogens with one attached hydrogen (secondary N) is 2. The van der Waals surface area contributed by atoms with E-state index in [4.69, 9.17) is 14.6 Å². The molecule has 11 heteroatoms. The van der Waals surface area contributed by atoms with Gasteiger partial charge in [0.2, 0.25) is 0 Å². The Kier molecular flexibility index (Phi) is 7.60. The molecule has 0 unspecified atom stereocenters. The average Bonchev–Trinajstić information content (AvgIpc) is 3.29. The molecule has 9 nitrogen and oxygen atoms in total. The lowest BCUT2D eigenvalue weighted by atomic mass is 10.2. The molecule has 4 rings (SSSR count). The van der Waals surface area contributed by atoms with Crippen LogP contribution in [0.5, 0.6) is 11.5 Å². The zero-order valence-corrected chi connectivity index (χ0v) is 19.4. The van der Waals surface area contributed by atoms with Gasteiger partial charge in [-0.25, -0.2) is 9.18 Å². The predicted molar refractivity (Wildman–Crippen MR) is 129 cm³/mol. The molecule has 0 saturated heterocycles. The first kappa shape index (κ1) is 24.2. The lowest BCUT2D eigenvalue weighted by molar-refractivity contribution is -0.147. The number of amides is 1. The van der Waals surface area contributed by atoms with E-state index >= 15 is 0 Å². The molecule has 0 radical (unpaired) electrons. The topological polar surface area (TPSA) is 123 Å². The molecule has 4 aromatic rings. The van der Waals surface area contributed by atoms with Gasteiger partial charge in [0.1, 0.15) is 5.75 Å². The molecule has 0 aliphatic heterocycles. The van der Waals surface area contributed by atoms with Crippen molar-refractivity contribution in [2.45, 2.75) is 6.54 Å². The lowest BCUT2D eigenvalue weighted by Crippen LogP contribution is -2.21. The SMILES string of the molecule is COCCNCc1ccc(-c2cc3nccc(Oc4ccc(NC(=O)C(=O)O)cc4F)c3s2)nc1. The zero-order chi connectivity index (χ0) is 24.8. The molecule has 0 aliphatic carbocycles. The van der Waals surface area contributed by atoms with E-state index < -0.39 is 17.7 Å². The van der Waals surface area contributed by atoms with Crippen molar-refractivity contribution < 1.29 is 28.6 Å². The first-order chi connectivity index (χ1) is 16.9. The third kappa shape index (κ3) is 5.96. The molecule has 0 aliphatic rings. The number of carboxylic acid groups (broad SMARTS) is 1. The van der Waals surface area contributed by atoms with Crippen molar-refractivity contribution in [2.75, 3.05) is 25.6 Å². The second-order valence-electron chi connectivity index (χ2n) is 7.36. The van der Waals surface area contributed by atoms with Crippen LogP contribution in [-0.4, -0.2) is 47.2 Å². The molecule has 0 bridgehead atoms.